The Labute approximate surface area is 158 Å². The standard InChI is InChI=1S/C16H15N5O4S2/c1-8-15(9(2)20-19-8)27(23,24)21-16-18-12(7-26-16)10-3-4-13-11(5-10)17-14(22)6-25-13/h3-5,7H,6H2,1-2H3,(H,17,22)(H,18,21)(H,19,20). The van der Waals surface area contributed by atoms with Gasteiger partial charge < -0.3 is 10.1 Å². The summed E-state index contributed by atoms with van der Waals surface area (Å²) in [7, 11) is -3.79. The van der Waals surface area contributed by atoms with Crippen molar-refractivity contribution in [2.75, 3.05) is 16.6 Å². The summed E-state index contributed by atoms with van der Waals surface area (Å²) in [6.45, 7) is 3.25. The minimum atomic E-state index is -3.79. The first-order valence-electron chi connectivity index (χ1n) is 7.90. The van der Waals surface area contributed by atoms with Crippen LogP contribution in [0.3, 0.4) is 0 Å². The molecular formula is C16H15N5O4S2. The number of rotatable bonds is 4. The molecule has 3 N–H and O–H groups in total. The maximum Gasteiger partial charge on any atom is 0.267 e. The molecule has 11 heteroatoms. The average Bonchev–Trinajstić information content (AvgIpc) is 3.20. The molecule has 3 aromatic rings. The molecule has 0 bridgehead atoms. The number of thiazole rings is 1. The second-order valence-electron chi connectivity index (χ2n) is 5.95. The van der Waals surface area contributed by atoms with E-state index in [-0.39, 0.29) is 22.5 Å². The van der Waals surface area contributed by atoms with E-state index in [0.717, 1.165) is 5.56 Å². The van der Waals surface area contributed by atoms with Crippen LogP contribution in [0.15, 0.2) is 28.5 Å². The third-order valence-electron chi connectivity index (χ3n) is 3.96. The summed E-state index contributed by atoms with van der Waals surface area (Å²) in [5.74, 6) is 0.359. The molecule has 0 saturated carbocycles. The number of ether oxygens (including phenoxy) is 1. The van der Waals surface area contributed by atoms with E-state index in [0.29, 0.717) is 28.5 Å². The molecule has 0 unspecified atom stereocenters. The van der Waals surface area contributed by atoms with Crippen LogP contribution in [0.1, 0.15) is 11.4 Å². The predicted octanol–water partition coefficient (Wildman–Crippen LogP) is 2.28. The number of hydrogen-bond acceptors (Lipinski definition) is 7. The highest BCUT2D eigenvalue weighted by molar-refractivity contribution is 7.93. The van der Waals surface area contributed by atoms with Gasteiger partial charge in [0.15, 0.2) is 11.7 Å². The first-order valence-corrected chi connectivity index (χ1v) is 10.3. The van der Waals surface area contributed by atoms with Gasteiger partial charge in [-0.15, -0.1) is 11.3 Å². The third-order valence-corrected chi connectivity index (χ3v) is 6.45. The molecule has 0 atom stereocenters. The van der Waals surface area contributed by atoms with Gasteiger partial charge in [-0.2, -0.15) is 5.10 Å². The highest BCUT2D eigenvalue weighted by Crippen LogP contribution is 2.34. The lowest BCUT2D eigenvalue weighted by atomic mass is 10.1. The van der Waals surface area contributed by atoms with Gasteiger partial charge in [-0.25, -0.2) is 13.4 Å². The Morgan fingerprint density at radius 2 is 2.11 bits per heavy atom. The van der Waals surface area contributed by atoms with E-state index >= 15 is 0 Å². The molecule has 2 aromatic heterocycles. The van der Waals surface area contributed by atoms with E-state index in [1.54, 1.807) is 37.4 Å². The SMILES string of the molecule is Cc1n[nH]c(C)c1S(=O)(=O)Nc1nc(-c2ccc3c(c2)NC(=O)CO3)cs1. The number of nitrogens with zero attached hydrogens (tertiary/aromatic N) is 2. The summed E-state index contributed by atoms with van der Waals surface area (Å²) in [6, 6.07) is 5.28. The van der Waals surface area contributed by atoms with E-state index < -0.39 is 10.0 Å². The number of H-pyrrole nitrogens is 1. The summed E-state index contributed by atoms with van der Waals surface area (Å²) < 4.78 is 33.0. The van der Waals surface area contributed by atoms with E-state index in [4.69, 9.17) is 4.74 Å². The zero-order chi connectivity index (χ0) is 19.2. The van der Waals surface area contributed by atoms with Gasteiger partial charge in [0.25, 0.3) is 15.9 Å². The van der Waals surface area contributed by atoms with Crippen molar-refractivity contribution in [2.24, 2.45) is 0 Å². The fourth-order valence-corrected chi connectivity index (χ4v) is 5.14. The molecule has 0 spiro atoms. The van der Waals surface area contributed by atoms with Crippen molar-refractivity contribution in [2.45, 2.75) is 18.7 Å². The van der Waals surface area contributed by atoms with Crippen LogP contribution in [0.5, 0.6) is 5.75 Å². The number of aromatic amines is 1. The smallest absolute Gasteiger partial charge is 0.267 e. The molecule has 9 nitrogen and oxygen atoms in total. The Kier molecular flexibility index (Phi) is 4.12. The van der Waals surface area contributed by atoms with Gasteiger partial charge in [0, 0.05) is 10.9 Å². The average molecular weight is 405 g/mol. The second kappa shape index (κ2) is 6.35. The summed E-state index contributed by atoms with van der Waals surface area (Å²) in [5.41, 5.74) is 2.73. The number of anilines is 2. The molecule has 0 saturated heterocycles. The summed E-state index contributed by atoms with van der Waals surface area (Å²) in [5, 5.41) is 11.3. The normalized spacial score (nSPS) is 13.6. The topological polar surface area (TPSA) is 126 Å². The number of aryl methyl sites for hydroxylation is 2. The lowest BCUT2D eigenvalue weighted by molar-refractivity contribution is -0.118. The molecule has 27 heavy (non-hydrogen) atoms. The van der Waals surface area contributed by atoms with E-state index in [1.807, 2.05) is 0 Å². The van der Waals surface area contributed by atoms with Crippen molar-refractivity contribution < 1.29 is 17.9 Å². The van der Waals surface area contributed by atoms with E-state index in [1.165, 1.54) is 11.3 Å². The molecule has 1 amide bonds. The summed E-state index contributed by atoms with van der Waals surface area (Å²) in [6.07, 6.45) is 0. The van der Waals surface area contributed by atoms with E-state index in [2.05, 4.69) is 25.2 Å². The summed E-state index contributed by atoms with van der Waals surface area (Å²) >= 11 is 1.17. The minimum Gasteiger partial charge on any atom is -0.482 e. The number of hydrogen-bond donors (Lipinski definition) is 3. The van der Waals surface area contributed by atoms with Gasteiger partial charge in [0.2, 0.25) is 0 Å². The Morgan fingerprint density at radius 3 is 2.85 bits per heavy atom. The van der Waals surface area contributed by atoms with Crippen molar-refractivity contribution >= 4 is 38.1 Å². The zero-order valence-corrected chi connectivity index (χ0v) is 16.0. The fourth-order valence-electron chi connectivity index (χ4n) is 2.80. The van der Waals surface area contributed by atoms with Crippen LogP contribution in [-0.2, 0) is 14.8 Å². The number of amides is 1. The number of carbonyl (C=O) groups is 1. The fraction of sp³-hybridized carbons (Fsp3) is 0.188. The number of aromatic nitrogens is 3. The molecule has 0 radical (unpaired) electrons. The zero-order valence-electron chi connectivity index (χ0n) is 14.4. The quantitative estimate of drug-likeness (QED) is 0.611. The van der Waals surface area contributed by atoms with Crippen molar-refractivity contribution in [1.82, 2.24) is 15.2 Å². The largest absolute Gasteiger partial charge is 0.482 e. The lowest BCUT2D eigenvalue weighted by Crippen LogP contribution is -2.25. The van der Waals surface area contributed by atoms with Crippen LogP contribution < -0.4 is 14.8 Å². The van der Waals surface area contributed by atoms with Crippen LogP contribution in [0.25, 0.3) is 11.3 Å². The lowest BCUT2D eigenvalue weighted by Gasteiger charge is -2.18. The number of sulfonamides is 1. The molecular weight excluding hydrogens is 390 g/mol. The summed E-state index contributed by atoms with van der Waals surface area (Å²) in [4.78, 5) is 15.9. The monoisotopic (exact) mass is 405 g/mol. The molecule has 1 aliphatic heterocycles. The highest BCUT2D eigenvalue weighted by Gasteiger charge is 2.24. The molecule has 0 fully saturated rings. The molecule has 140 valence electrons. The first kappa shape index (κ1) is 17.5. The van der Waals surface area contributed by atoms with Gasteiger partial charge in [-0.05, 0) is 32.0 Å². The number of carbonyl (C=O) groups excluding carboxylic acids is 1. The van der Waals surface area contributed by atoms with Crippen LogP contribution >= 0.6 is 11.3 Å². The van der Waals surface area contributed by atoms with Gasteiger partial charge in [0.05, 0.1) is 22.8 Å². The molecule has 0 aliphatic carbocycles. The molecule has 1 aromatic carbocycles. The Morgan fingerprint density at radius 1 is 1.30 bits per heavy atom. The Bertz CT molecular complexity index is 1130. The number of benzene rings is 1. The number of fused-ring (bicyclic) bond motifs is 1. The highest BCUT2D eigenvalue weighted by atomic mass is 32.2. The maximum atomic E-state index is 12.6. The number of nitrogens with one attached hydrogen (secondary N) is 3. The van der Waals surface area contributed by atoms with Crippen molar-refractivity contribution in [1.29, 1.82) is 0 Å². The van der Waals surface area contributed by atoms with Crippen LogP contribution in [-0.4, -0.2) is 36.1 Å². The Hall–Kier alpha value is -2.92. The van der Waals surface area contributed by atoms with Crippen molar-refractivity contribution in [3.8, 4) is 17.0 Å². The molecule has 4 rings (SSSR count). The molecule has 3 heterocycles. The van der Waals surface area contributed by atoms with Gasteiger partial charge in [-0.1, -0.05) is 0 Å². The third kappa shape index (κ3) is 3.26. The van der Waals surface area contributed by atoms with Crippen LogP contribution in [0.4, 0.5) is 10.8 Å². The van der Waals surface area contributed by atoms with Crippen molar-refractivity contribution in [3.05, 3.63) is 35.0 Å². The first-order chi connectivity index (χ1) is 12.8. The predicted molar refractivity (Wildman–Crippen MR) is 101 cm³/mol. The minimum absolute atomic E-state index is 0.0121. The molecule has 1 aliphatic rings. The van der Waals surface area contributed by atoms with Gasteiger partial charge >= 0.3 is 0 Å². The maximum absolute atomic E-state index is 12.6. The van der Waals surface area contributed by atoms with Gasteiger partial charge in [0.1, 0.15) is 10.6 Å². The van der Waals surface area contributed by atoms with Crippen LogP contribution in [0.2, 0.25) is 0 Å². The van der Waals surface area contributed by atoms with Gasteiger partial charge in [-0.3, -0.25) is 14.6 Å². The van der Waals surface area contributed by atoms with Crippen molar-refractivity contribution in [3.63, 3.8) is 0 Å². The van der Waals surface area contributed by atoms with Crippen LogP contribution in [0, 0.1) is 13.8 Å². The second-order valence-corrected chi connectivity index (χ2v) is 8.43. The Balaban J connectivity index is 1.61. The van der Waals surface area contributed by atoms with E-state index in [9.17, 15) is 13.2 Å².